The lowest BCUT2D eigenvalue weighted by molar-refractivity contribution is -0.131. The summed E-state index contributed by atoms with van der Waals surface area (Å²) in [6.45, 7) is 2.19. The van der Waals surface area contributed by atoms with Crippen LogP contribution in [-0.4, -0.2) is 29.3 Å². The minimum atomic E-state index is -3.99. The molecule has 0 amide bonds. The zero-order valence-corrected chi connectivity index (χ0v) is 15.8. The molecule has 0 radical (unpaired) electrons. The van der Waals surface area contributed by atoms with Gasteiger partial charge in [0.2, 0.25) is 0 Å². The summed E-state index contributed by atoms with van der Waals surface area (Å²) < 4.78 is 32.2. The molecule has 0 rings (SSSR count). The summed E-state index contributed by atoms with van der Waals surface area (Å²) in [5.41, 5.74) is 0. The molecule has 1 unspecified atom stereocenters. The SMILES string of the molecule is CCCCCCCCCCC(CCCC/C=C/C(=O)O)S(=O)(=O)O. The first kappa shape index (κ1) is 23.1. The Morgan fingerprint density at radius 1 is 0.917 bits per heavy atom. The molecule has 6 heteroatoms. The molecule has 2 N–H and O–H groups in total. The highest BCUT2D eigenvalue weighted by atomic mass is 32.2. The second kappa shape index (κ2) is 14.5. The number of carboxylic acid groups (broad SMARTS) is 1. The number of allylic oxidation sites excluding steroid dienone is 1. The predicted molar refractivity (Wildman–Crippen MR) is 97.8 cm³/mol. The maximum Gasteiger partial charge on any atom is 0.327 e. The quantitative estimate of drug-likeness (QED) is 0.230. The summed E-state index contributed by atoms with van der Waals surface area (Å²) in [5, 5.41) is 7.79. The third-order valence-electron chi connectivity index (χ3n) is 4.21. The van der Waals surface area contributed by atoms with Crippen LogP contribution in [0, 0.1) is 0 Å². The van der Waals surface area contributed by atoms with Gasteiger partial charge < -0.3 is 5.11 Å². The van der Waals surface area contributed by atoms with Gasteiger partial charge in [-0.1, -0.05) is 70.8 Å². The molecule has 1 atom stereocenters. The molecule has 0 aliphatic rings. The lowest BCUT2D eigenvalue weighted by Crippen LogP contribution is -2.20. The summed E-state index contributed by atoms with van der Waals surface area (Å²) in [4.78, 5) is 10.3. The van der Waals surface area contributed by atoms with Gasteiger partial charge in [0, 0.05) is 6.08 Å². The van der Waals surface area contributed by atoms with Gasteiger partial charge in [0.1, 0.15) is 0 Å². The number of rotatable bonds is 16. The molecule has 0 bridgehead atoms. The molecule has 0 aliphatic carbocycles. The van der Waals surface area contributed by atoms with E-state index in [1.165, 1.54) is 32.1 Å². The van der Waals surface area contributed by atoms with E-state index in [-0.39, 0.29) is 0 Å². The van der Waals surface area contributed by atoms with Crippen molar-refractivity contribution in [3.8, 4) is 0 Å². The van der Waals surface area contributed by atoms with Crippen molar-refractivity contribution in [2.75, 3.05) is 0 Å². The third kappa shape index (κ3) is 14.7. The number of aliphatic carboxylic acids is 1. The van der Waals surface area contributed by atoms with Crippen molar-refractivity contribution in [3.63, 3.8) is 0 Å². The zero-order valence-electron chi connectivity index (χ0n) is 15.0. The Labute approximate surface area is 147 Å². The average molecular weight is 363 g/mol. The molecule has 0 aromatic heterocycles. The minimum Gasteiger partial charge on any atom is -0.478 e. The fourth-order valence-electron chi connectivity index (χ4n) is 2.77. The molecule has 0 fully saturated rings. The van der Waals surface area contributed by atoms with E-state index in [1.54, 1.807) is 6.08 Å². The predicted octanol–water partition coefficient (Wildman–Crippen LogP) is 4.97. The van der Waals surface area contributed by atoms with E-state index in [0.717, 1.165) is 31.8 Å². The van der Waals surface area contributed by atoms with E-state index in [2.05, 4.69) is 6.92 Å². The van der Waals surface area contributed by atoms with Crippen LogP contribution in [0.15, 0.2) is 12.2 Å². The highest BCUT2D eigenvalue weighted by molar-refractivity contribution is 7.86. The molecule has 0 aromatic carbocycles. The lowest BCUT2D eigenvalue weighted by Gasteiger charge is -2.13. The Kier molecular flexibility index (Phi) is 13.9. The van der Waals surface area contributed by atoms with Crippen LogP contribution < -0.4 is 0 Å². The summed E-state index contributed by atoms with van der Waals surface area (Å²) >= 11 is 0. The van der Waals surface area contributed by atoms with Crippen LogP contribution in [0.4, 0.5) is 0 Å². The summed E-state index contributed by atoms with van der Waals surface area (Å²) in [7, 11) is -3.99. The van der Waals surface area contributed by atoms with Crippen molar-refractivity contribution < 1.29 is 22.9 Å². The zero-order chi connectivity index (χ0) is 18.3. The molecule has 0 aliphatic heterocycles. The first-order valence-corrected chi connectivity index (χ1v) is 10.7. The smallest absolute Gasteiger partial charge is 0.327 e. The monoisotopic (exact) mass is 362 g/mol. The van der Waals surface area contributed by atoms with E-state index in [1.807, 2.05) is 0 Å². The van der Waals surface area contributed by atoms with Gasteiger partial charge in [-0.25, -0.2) is 4.79 Å². The number of carboxylic acids is 1. The number of hydrogen-bond donors (Lipinski definition) is 2. The van der Waals surface area contributed by atoms with E-state index in [9.17, 15) is 17.8 Å². The van der Waals surface area contributed by atoms with Crippen LogP contribution in [0.25, 0.3) is 0 Å². The largest absolute Gasteiger partial charge is 0.478 e. The number of carbonyl (C=O) groups is 1. The van der Waals surface area contributed by atoms with E-state index in [4.69, 9.17) is 5.11 Å². The van der Waals surface area contributed by atoms with E-state index < -0.39 is 21.3 Å². The second-order valence-corrected chi connectivity index (χ2v) is 8.12. The Bertz CT molecular complexity index is 442. The van der Waals surface area contributed by atoms with Crippen molar-refractivity contribution in [1.82, 2.24) is 0 Å². The fourth-order valence-corrected chi connectivity index (χ4v) is 3.70. The van der Waals surface area contributed by atoms with E-state index in [0.29, 0.717) is 25.7 Å². The molecule has 0 spiro atoms. The van der Waals surface area contributed by atoms with E-state index >= 15 is 0 Å². The average Bonchev–Trinajstić information content (AvgIpc) is 2.49. The van der Waals surface area contributed by atoms with Crippen molar-refractivity contribution in [1.29, 1.82) is 0 Å². The van der Waals surface area contributed by atoms with Crippen LogP contribution in [0.3, 0.4) is 0 Å². The van der Waals surface area contributed by atoms with Crippen molar-refractivity contribution in [2.45, 2.75) is 95.6 Å². The summed E-state index contributed by atoms with van der Waals surface area (Å²) in [5.74, 6) is -0.972. The minimum absolute atomic E-state index is 0.441. The number of hydrogen-bond acceptors (Lipinski definition) is 3. The van der Waals surface area contributed by atoms with Gasteiger partial charge >= 0.3 is 5.97 Å². The van der Waals surface area contributed by atoms with Crippen LogP contribution >= 0.6 is 0 Å². The van der Waals surface area contributed by atoms with Crippen LogP contribution in [0.5, 0.6) is 0 Å². The highest BCUT2D eigenvalue weighted by Gasteiger charge is 2.21. The van der Waals surface area contributed by atoms with Gasteiger partial charge in [-0.2, -0.15) is 8.42 Å². The van der Waals surface area contributed by atoms with Gasteiger partial charge in [-0.3, -0.25) is 4.55 Å². The fraction of sp³-hybridized carbons (Fsp3) is 0.833. The summed E-state index contributed by atoms with van der Waals surface area (Å²) in [6.07, 6.45) is 14.9. The van der Waals surface area contributed by atoms with Crippen LogP contribution in [-0.2, 0) is 14.9 Å². The molecule has 5 nitrogen and oxygen atoms in total. The molecule has 0 aromatic rings. The summed E-state index contributed by atoms with van der Waals surface area (Å²) in [6, 6.07) is 0. The van der Waals surface area contributed by atoms with Gasteiger partial charge in [0.05, 0.1) is 5.25 Å². The Hall–Kier alpha value is -0.880. The van der Waals surface area contributed by atoms with Gasteiger partial charge in [-0.05, 0) is 25.7 Å². The van der Waals surface area contributed by atoms with Crippen LogP contribution in [0.1, 0.15) is 90.4 Å². The molecule has 0 saturated heterocycles. The second-order valence-electron chi connectivity index (χ2n) is 6.43. The first-order chi connectivity index (χ1) is 11.4. The normalized spacial score (nSPS) is 13.4. The molecule has 0 saturated carbocycles. The molecular formula is C18H34O5S. The molecule has 24 heavy (non-hydrogen) atoms. The first-order valence-electron chi connectivity index (χ1n) is 9.23. The molecule has 0 heterocycles. The van der Waals surface area contributed by atoms with Crippen molar-refractivity contribution in [3.05, 3.63) is 12.2 Å². The lowest BCUT2D eigenvalue weighted by atomic mass is 10.0. The molecule has 142 valence electrons. The van der Waals surface area contributed by atoms with Gasteiger partial charge in [0.15, 0.2) is 0 Å². The van der Waals surface area contributed by atoms with Gasteiger partial charge in [-0.15, -0.1) is 0 Å². The third-order valence-corrected chi connectivity index (χ3v) is 5.52. The Balaban J connectivity index is 3.85. The van der Waals surface area contributed by atoms with Crippen LogP contribution in [0.2, 0.25) is 0 Å². The standard InChI is InChI=1S/C18H34O5S/c1-2-3-4-5-6-7-8-11-14-17(24(21,22)23)15-12-9-10-13-16-18(19)20/h13,16-17H,2-12,14-15H2,1H3,(H,19,20)(H,21,22,23)/b16-13+. The highest BCUT2D eigenvalue weighted by Crippen LogP contribution is 2.18. The molecular weight excluding hydrogens is 328 g/mol. The Morgan fingerprint density at radius 3 is 1.92 bits per heavy atom. The van der Waals surface area contributed by atoms with Gasteiger partial charge in [0.25, 0.3) is 10.1 Å². The Morgan fingerprint density at radius 2 is 1.42 bits per heavy atom. The van der Waals surface area contributed by atoms with Crippen molar-refractivity contribution >= 4 is 16.1 Å². The maximum atomic E-state index is 11.4. The number of unbranched alkanes of at least 4 members (excludes halogenated alkanes) is 9. The maximum absolute atomic E-state index is 11.4. The topological polar surface area (TPSA) is 91.7 Å². The van der Waals surface area contributed by atoms with Crippen molar-refractivity contribution in [2.24, 2.45) is 0 Å².